The topological polar surface area (TPSA) is 199 Å². The van der Waals surface area contributed by atoms with Crippen molar-refractivity contribution in [3.8, 4) is 0 Å². The molecule has 14 heteroatoms. The zero-order chi connectivity index (χ0) is 44.1. The Morgan fingerprint density at radius 3 is 1.32 bits per heavy atom. The van der Waals surface area contributed by atoms with Crippen molar-refractivity contribution in [1.82, 2.24) is 31.9 Å². The van der Waals surface area contributed by atoms with Crippen molar-refractivity contribution in [3.05, 3.63) is 23.8 Å². The normalized spacial score (nSPS) is 12.1. The highest BCUT2D eigenvalue weighted by Gasteiger charge is 2.14. The minimum atomic E-state index is -0.294. The van der Waals surface area contributed by atoms with Gasteiger partial charge >= 0.3 is 0 Å². The Labute approximate surface area is 340 Å². The van der Waals surface area contributed by atoms with Crippen LogP contribution >= 0.6 is 0 Å². The molecule has 0 aliphatic carbocycles. The van der Waals surface area contributed by atoms with Crippen LogP contribution in [0.5, 0.6) is 0 Å². The molecule has 1 aromatic carbocycles. The number of carbonyl (C=O) groups is 6. The Kier molecular flexibility index (Phi) is 42.2. The summed E-state index contributed by atoms with van der Waals surface area (Å²) < 4.78 is 0. The maximum atomic E-state index is 11.7. The van der Waals surface area contributed by atoms with Crippen LogP contribution in [0.25, 0.3) is 0 Å². The van der Waals surface area contributed by atoms with Crippen molar-refractivity contribution in [1.29, 1.82) is 0 Å². The number of nitrogens with one attached hydrogen (secondary N) is 8. The number of likely N-dealkylation sites (N-methyl/N-ethyl adjacent to an activating group) is 5. The first-order valence-electron chi connectivity index (χ1n) is 20.2. The van der Waals surface area contributed by atoms with Crippen LogP contribution in [-0.2, 0) is 24.0 Å². The number of hydrogen-bond donors (Lipinski definition) is 8. The van der Waals surface area contributed by atoms with E-state index in [1.807, 2.05) is 80.9 Å². The van der Waals surface area contributed by atoms with Gasteiger partial charge < -0.3 is 42.5 Å². The molecule has 1 aromatic rings. The molecule has 0 amide bonds. The fourth-order valence-corrected chi connectivity index (χ4v) is 4.82. The molecule has 0 bridgehead atoms. The minimum Gasteiger partial charge on any atom is -0.385 e. The predicted octanol–water partition coefficient (Wildman–Crippen LogP) is 4.18. The van der Waals surface area contributed by atoms with Crippen LogP contribution in [0, 0.1) is 0 Å². The number of hydrogen-bond acceptors (Lipinski definition) is 14. The Bertz CT molecular complexity index is 1190. The van der Waals surface area contributed by atoms with Crippen LogP contribution in [0.15, 0.2) is 18.2 Å². The quantitative estimate of drug-likeness (QED) is 0.0518. The fourth-order valence-electron chi connectivity index (χ4n) is 4.82. The molecule has 326 valence electrons. The molecule has 0 saturated heterocycles. The van der Waals surface area contributed by atoms with Gasteiger partial charge in [-0.3, -0.25) is 28.8 Å². The van der Waals surface area contributed by atoms with Gasteiger partial charge in [0, 0.05) is 62.3 Å². The SMILES string of the molecule is CCC(=O)C(C)NC.CCC(=O)C(CCCCNC)NC.CCNc1cc(NCC)cc(C(=O)CC)c1.CNC(CC(C)=O)C(C)=O.CNCC(NC)C(C)=O. The highest BCUT2D eigenvalue weighted by molar-refractivity contribution is 5.97. The Morgan fingerprint density at radius 2 is 1.05 bits per heavy atom. The van der Waals surface area contributed by atoms with Gasteiger partial charge in [-0.15, -0.1) is 0 Å². The monoisotopic (exact) mass is 795 g/mol. The Morgan fingerprint density at radius 1 is 0.571 bits per heavy atom. The van der Waals surface area contributed by atoms with Gasteiger partial charge in [0.15, 0.2) is 5.78 Å². The van der Waals surface area contributed by atoms with Crippen LogP contribution in [0.1, 0.15) is 118 Å². The number of anilines is 2. The minimum absolute atomic E-state index is 0.0118. The van der Waals surface area contributed by atoms with E-state index in [2.05, 4.69) is 42.5 Å². The zero-order valence-corrected chi connectivity index (χ0v) is 37.8. The van der Waals surface area contributed by atoms with Crippen molar-refractivity contribution < 1.29 is 28.8 Å². The van der Waals surface area contributed by atoms with Gasteiger partial charge in [0.25, 0.3) is 0 Å². The van der Waals surface area contributed by atoms with Gasteiger partial charge in [0.1, 0.15) is 28.9 Å². The van der Waals surface area contributed by atoms with Gasteiger partial charge in [-0.1, -0.05) is 27.2 Å². The van der Waals surface area contributed by atoms with E-state index in [0.717, 1.165) is 55.8 Å². The lowest BCUT2D eigenvalue weighted by Crippen LogP contribution is -2.40. The molecule has 0 aromatic heterocycles. The van der Waals surface area contributed by atoms with E-state index < -0.39 is 0 Å². The molecule has 0 aliphatic rings. The second-order valence-electron chi connectivity index (χ2n) is 13.1. The zero-order valence-electron chi connectivity index (χ0n) is 37.8. The van der Waals surface area contributed by atoms with Crippen LogP contribution in [0.4, 0.5) is 11.4 Å². The summed E-state index contributed by atoms with van der Waals surface area (Å²) in [6, 6.07) is 5.63. The molecule has 0 fully saturated rings. The molecule has 0 spiro atoms. The van der Waals surface area contributed by atoms with Crippen molar-refractivity contribution in [2.45, 2.75) is 131 Å². The lowest BCUT2D eigenvalue weighted by atomic mass is 10.0. The summed E-state index contributed by atoms with van der Waals surface area (Å²) in [6.07, 6.45) is 5.32. The summed E-state index contributed by atoms with van der Waals surface area (Å²) in [6.45, 7) is 19.6. The van der Waals surface area contributed by atoms with E-state index >= 15 is 0 Å². The van der Waals surface area contributed by atoms with E-state index in [1.165, 1.54) is 13.8 Å². The number of rotatable bonds is 25. The molecule has 4 unspecified atom stereocenters. The van der Waals surface area contributed by atoms with Crippen LogP contribution < -0.4 is 42.5 Å². The standard InChI is InChI=1S/C13H20N2O.C10H22N2O.C7H13NO2.C6H14N2O.C6H13NO/c1-4-13(16)10-7-11(14-5-2)9-12(8-10)15-6-3;1-4-10(13)9(12-3)7-5-6-8-11-2;1-5(9)4-7(8-3)6(2)10;1-5(9)6(8-3)4-7-2;1-4-6(8)5(2)7-3/h7-9,14-15H,4-6H2,1-3H3;9,11-12H,4-8H2,1-3H3;7-8H,4H2,1-3H3;6-8H,4H2,1-3H3;5,7H,4H2,1-3H3. The van der Waals surface area contributed by atoms with Gasteiger partial charge in [-0.25, -0.2) is 0 Å². The van der Waals surface area contributed by atoms with Crippen molar-refractivity contribution in [2.75, 3.05) is 79.1 Å². The molecular weight excluding hydrogens is 713 g/mol. The van der Waals surface area contributed by atoms with E-state index in [-0.39, 0.29) is 53.1 Å². The highest BCUT2D eigenvalue weighted by Crippen LogP contribution is 2.20. The Balaban J connectivity index is -0.000000310. The number of Topliss-reactive ketones (excluding diaryl/α,β-unsaturated/α-hetero) is 6. The molecule has 0 radical (unpaired) electrons. The molecule has 0 saturated carbocycles. The summed E-state index contributed by atoms with van der Waals surface area (Å²) >= 11 is 0. The summed E-state index contributed by atoms with van der Waals surface area (Å²) in [5.41, 5.74) is 2.77. The van der Waals surface area contributed by atoms with Crippen LogP contribution in [-0.4, -0.2) is 127 Å². The molecule has 0 aliphatic heterocycles. The van der Waals surface area contributed by atoms with E-state index in [9.17, 15) is 28.8 Å². The average molecular weight is 795 g/mol. The number of benzene rings is 1. The van der Waals surface area contributed by atoms with E-state index in [0.29, 0.717) is 38.0 Å². The van der Waals surface area contributed by atoms with Gasteiger partial charge in [0.2, 0.25) is 0 Å². The van der Waals surface area contributed by atoms with E-state index in [4.69, 9.17) is 0 Å². The molecule has 1 rings (SSSR count). The first-order valence-corrected chi connectivity index (χ1v) is 20.2. The van der Waals surface area contributed by atoms with Crippen molar-refractivity contribution in [2.24, 2.45) is 0 Å². The van der Waals surface area contributed by atoms with Crippen molar-refractivity contribution in [3.63, 3.8) is 0 Å². The highest BCUT2D eigenvalue weighted by atomic mass is 16.1. The molecule has 4 atom stereocenters. The molecule has 14 nitrogen and oxygen atoms in total. The molecule has 56 heavy (non-hydrogen) atoms. The maximum Gasteiger partial charge on any atom is 0.162 e. The summed E-state index contributed by atoms with van der Waals surface area (Å²) in [7, 11) is 10.9. The Hall–Kier alpha value is -3.40. The average Bonchev–Trinajstić information content (AvgIpc) is 3.18. The maximum absolute atomic E-state index is 11.7. The molecule has 8 N–H and O–H groups in total. The first-order chi connectivity index (χ1) is 26.5. The lowest BCUT2D eigenvalue weighted by molar-refractivity contribution is -0.123. The second-order valence-corrected chi connectivity index (χ2v) is 13.1. The van der Waals surface area contributed by atoms with Gasteiger partial charge in [-0.05, 0) is 121 Å². The third kappa shape index (κ3) is 32.8. The first kappa shape index (κ1) is 59.3. The largest absolute Gasteiger partial charge is 0.385 e. The number of ketones is 6. The predicted molar refractivity (Wildman–Crippen MR) is 235 cm³/mol. The second kappa shape index (κ2) is 39.8. The third-order valence-corrected chi connectivity index (χ3v) is 8.44. The van der Waals surface area contributed by atoms with Crippen LogP contribution in [0.3, 0.4) is 0 Å². The smallest absolute Gasteiger partial charge is 0.162 e. The van der Waals surface area contributed by atoms with Gasteiger partial charge in [-0.2, -0.15) is 0 Å². The third-order valence-electron chi connectivity index (χ3n) is 8.44. The molecule has 0 heterocycles. The van der Waals surface area contributed by atoms with E-state index in [1.54, 1.807) is 28.1 Å². The fraction of sp³-hybridized carbons (Fsp3) is 0.714. The summed E-state index contributed by atoms with van der Waals surface area (Å²) in [4.78, 5) is 65.6. The van der Waals surface area contributed by atoms with Crippen LogP contribution in [0.2, 0.25) is 0 Å². The molecular formula is C42H82N8O6. The number of unbranched alkanes of at least 4 members (excludes halogenated alkanes) is 1. The summed E-state index contributed by atoms with van der Waals surface area (Å²) in [5, 5.41) is 24.1. The lowest BCUT2D eigenvalue weighted by Gasteiger charge is -2.13. The van der Waals surface area contributed by atoms with Crippen molar-refractivity contribution >= 4 is 46.1 Å². The number of carbonyl (C=O) groups excluding carboxylic acids is 6. The van der Waals surface area contributed by atoms with Gasteiger partial charge in [0.05, 0.1) is 24.2 Å². The summed E-state index contributed by atoms with van der Waals surface area (Å²) in [5.74, 6) is 0.998.